The Balaban J connectivity index is 2.02. The van der Waals surface area contributed by atoms with Crippen LogP contribution in [0.5, 0.6) is 0 Å². The molecule has 1 fully saturated rings. The zero-order valence-corrected chi connectivity index (χ0v) is 11.5. The van der Waals surface area contributed by atoms with Gasteiger partial charge in [0.25, 0.3) is 0 Å². The van der Waals surface area contributed by atoms with Crippen molar-refractivity contribution in [3.05, 3.63) is 0 Å². The van der Waals surface area contributed by atoms with Gasteiger partial charge in [-0.1, -0.05) is 33.6 Å². The Morgan fingerprint density at radius 2 is 1.56 bits per heavy atom. The zero-order chi connectivity index (χ0) is 11.8. The van der Waals surface area contributed by atoms with E-state index >= 15 is 0 Å². The van der Waals surface area contributed by atoms with E-state index in [1.54, 1.807) is 0 Å². The summed E-state index contributed by atoms with van der Waals surface area (Å²) in [6.45, 7) is 14.6. The number of piperazine rings is 1. The van der Waals surface area contributed by atoms with Gasteiger partial charge in [-0.25, -0.2) is 0 Å². The molecule has 2 nitrogen and oxygen atoms in total. The van der Waals surface area contributed by atoms with Crippen molar-refractivity contribution in [1.82, 2.24) is 9.80 Å². The van der Waals surface area contributed by atoms with Gasteiger partial charge in [0.1, 0.15) is 0 Å². The Bertz CT molecular complexity index is 162. The lowest BCUT2D eigenvalue weighted by Crippen LogP contribution is -2.46. The Morgan fingerprint density at radius 3 is 2.12 bits per heavy atom. The Morgan fingerprint density at radius 1 is 0.938 bits per heavy atom. The van der Waals surface area contributed by atoms with Crippen LogP contribution in [0.4, 0.5) is 0 Å². The molecule has 1 aliphatic rings. The molecule has 0 amide bonds. The molecule has 0 radical (unpaired) electrons. The van der Waals surface area contributed by atoms with Crippen molar-refractivity contribution in [2.45, 2.75) is 46.5 Å². The van der Waals surface area contributed by atoms with Gasteiger partial charge in [0.15, 0.2) is 0 Å². The normalized spacial score (nSPS) is 21.2. The van der Waals surface area contributed by atoms with Crippen molar-refractivity contribution in [2.24, 2.45) is 5.92 Å². The number of hydrogen-bond acceptors (Lipinski definition) is 2. The second-order valence-electron chi connectivity index (χ2n) is 5.31. The first-order valence-corrected chi connectivity index (χ1v) is 7.21. The third-order valence-corrected chi connectivity index (χ3v) is 3.86. The van der Waals surface area contributed by atoms with Crippen LogP contribution in [0.25, 0.3) is 0 Å². The van der Waals surface area contributed by atoms with Crippen LogP contribution in [0.15, 0.2) is 0 Å². The van der Waals surface area contributed by atoms with E-state index in [-0.39, 0.29) is 0 Å². The lowest BCUT2D eigenvalue weighted by Gasteiger charge is -2.34. The molecule has 0 aromatic carbocycles. The molecule has 0 aromatic rings. The molecule has 1 atom stereocenters. The number of nitrogens with zero attached hydrogens (tertiary/aromatic N) is 2. The van der Waals surface area contributed by atoms with Crippen molar-refractivity contribution < 1.29 is 0 Å². The molecule has 1 aliphatic heterocycles. The summed E-state index contributed by atoms with van der Waals surface area (Å²) in [6.07, 6.45) is 5.56. The predicted molar refractivity (Wildman–Crippen MR) is 71.9 cm³/mol. The van der Waals surface area contributed by atoms with Crippen LogP contribution in [0.2, 0.25) is 0 Å². The average molecular weight is 226 g/mol. The molecule has 2 heteroatoms. The first kappa shape index (κ1) is 14.0. The van der Waals surface area contributed by atoms with E-state index in [1.807, 2.05) is 0 Å². The number of hydrogen-bond donors (Lipinski definition) is 0. The molecule has 1 unspecified atom stereocenters. The van der Waals surface area contributed by atoms with Gasteiger partial charge in [-0.05, 0) is 31.8 Å². The third-order valence-electron chi connectivity index (χ3n) is 3.86. The highest BCUT2D eigenvalue weighted by Crippen LogP contribution is 2.13. The summed E-state index contributed by atoms with van der Waals surface area (Å²) in [7, 11) is 0. The second kappa shape index (κ2) is 8.08. The minimum absolute atomic E-state index is 0.932. The van der Waals surface area contributed by atoms with Crippen molar-refractivity contribution in [1.29, 1.82) is 0 Å². The van der Waals surface area contributed by atoms with Crippen LogP contribution in [-0.4, -0.2) is 49.1 Å². The van der Waals surface area contributed by atoms with Gasteiger partial charge in [0, 0.05) is 26.2 Å². The summed E-state index contributed by atoms with van der Waals surface area (Å²) in [4.78, 5) is 5.20. The van der Waals surface area contributed by atoms with E-state index in [4.69, 9.17) is 0 Å². The van der Waals surface area contributed by atoms with Gasteiger partial charge in [0.05, 0.1) is 0 Å². The highest BCUT2D eigenvalue weighted by Gasteiger charge is 2.14. The number of likely N-dealkylation sites (N-methyl/N-ethyl adjacent to an activating group) is 1. The lowest BCUT2D eigenvalue weighted by molar-refractivity contribution is 0.134. The van der Waals surface area contributed by atoms with Gasteiger partial charge in [-0.3, -0.25) is 0 Å². The van der Waals surface area contributed by atoms with Gasteiger partial charge >= 0.3 is 0 Å². The molecule has 0 saturated carbocycles. The van der Waals surface area contributed by atoms with Crippen LogP contribution in [0.1, 0.15) is 46.5 Å². The second-order valence-corrected chi connectivity index (χ2v) is 5.31. The molecule has 0 bridgehead atoms. The molecule has 0 aromatic heterocycles. The van der Waals surface area contributed by atoms with Crippen LogP contribution in [0, 0.1) is 5.92 Å². The van der Waals surface area contributed by atoms with E-state index in [9.17, 15) is 0 Å². The van der Waals surface area contributed by atoms with Crippen molar-refractivity contribution >= 4 is 0 Å². The number of rotatable bonds is 7. The summed E-state index contributed by atoms with van der Waals surface area (Å²) in [5, 5.41) is 0. The fourth-order valence-corrected chi connectivity index (χ4v) is 2.63. The highest BCUT2D eigenvalue weighted by molar-refractivity contribution is 4.70. The topological polar surface area (TPSA) is 6.48 Å². The fraction of sp³-hybridized carbons (Fsp3) is 1.00. The molecule has 1 heterocycles. The van der Waals surface area contributed by atoms with Crippen LogP contribution < -0.4 is 0 Å². The standard InChI is InChI=1S/C14H30N2/c1-4-7-14(3)8-6-9-16-12-10-15(5-2)11-13-16/h14H,4-13H2,1-3H3. The molecule has 0 N–H and O–H groups in total. The van der Waals surface area contributed by atoms with E-state index in [2.05, 4.69) is 30.6 Å². The third kappa shape index (κ3) is 5.31. The molecule has 16 heavy (non-hydrogen) atoms. The van der Waals surface area contributed by atoms with Crippen LogP contribution in [-0.2, 0) is 0 Å². The largest absolute Gasteiger partial charge is 0.301 e. The lowest BCUT2D eigenvalue weighted by atomic mass is 10.0. The molecule has 1 saturated heterocycles. The van der Waals surface area contributed by atoms with Gasteiger partial charge in [0.2, 0.25) is 0 Å². The summed E-state index contributed by atoms with van der Waals surface area (Å²) in [5.41, 5.74) is 0. The minimum atomic E-state index is 0.932. The highest BCUT2D eigenvalue weighted by atomic mass is 15.3. The van der Waals surface area contributed by atoms with E-state index in [0.29, 0.717) is 0 Å². The summed E-state index contributed by atoms with van der Waals surface area (Å²) in [6, 6.07) is 0. The molecular formula is C14H30N2. The van der Waals surface area contributed by atoms with E-state index in [1.165, 1.54) is 65.0 Å². The average Bonchev–Trinajstić information content (AvgIpc) is 2.30. The van der Waals surface area contributed by atoms with Gasteiger partial charge in [-0.15, -0.1) is 0 Å². The SMILES string of the molecule is CCCC(C)CCCN1CCN(CC)CC1. The van der Waals surface area contributed by atoms with Gasteiger partial charge in [-0.2, -0.15) is 0 Å². The first-order valence-electron chi connectivity index (χ1n) is 7.21. The molecular weight excluding hydrogens is 196 g/mol. The maximum Gasteiger partial charge on any atom is 0.0110 e. The van der Waals surface area contributed by atoms with Crippen molar-refractivity contribution in [2.75, 3.05) is 39.3 Å². The molecule has 0 aliphatic carbocycles. The first-order chi connectivity index (χ1) is 7.76. The Labute approximate surface area is 102 Å². The summed E-state index contributed by atoms with van der Waals surface area (Å²) in [5.74, 6) is 0.932. The van der Waals surface area contributed by atoms with E-state index < -0.39 is 0 Å². The summed E-state index contributed by atoms with van der Waals surface area (Å²) < 4.78 is 0. The van der Waals surface area contributed by atoms with E-state index in [0.717, 1.165) is 5.92 Å². The van der Waals surface area contributed by atoms with Crippen LogP contribution >= 0.6 is 0 Å². The zero-order valence-electron chi connectivity index (χ0n) is 11.5. The van der Waals surface area contributed by atoms with Crippen LogP contribution in [0.3, 0.4) is 0 Å². The fourth-order valence-electron chi connectivity index (χ4n) is 2.63. The maximum atomic E-state index is 2.64. The quantitative estimate of drug-likeness (QED) is 0.658. The smallest absolute Gasteiger partial charge is 0.0110 e. The Hall–Kier alpha value is -0.0800. The minimum Gasteiger partial charge on any atom is -0.301 e. The molecule has 0 spiro atoms. The summed E-state index contributed by atoms with van der Waals surface area (Å²) >= 11 is 0. The monoisotopic (exact) mass is 226 g/mol. The predicted octanol–water partition coefficient (Wildman–Crippen LogP) is 2.84. The Kier molecular flexibility index (Phi) is 7.06. The van der Waals surface area contributed by atoms with Gasteiger partial charge < -0.3 is 9.80 Å². The van der Waals surface area contributed by atoms with Crippen molar-refractivity contribution in [3.8, 4) is 0 Å². The van der Waals surface area contributed by atoms with Crippen molar-refractivity contribution in [3.63, 3.8) is 0 Å². The molecule has 96 valence electrons. The maximum absolute atomic E-state index is 2.64. The molecule has 1 rings (SSSR count).